The molecular formula is C10H10F3NO3. The number of rotatable bonds is 3. The summed E-state index contributed by atoms with van der Waals surface area (Å²) in [5.74, 6) is -1.27. The van der Waals surface area contributed by atoms with Crippen LogP contribution in [0.3, 0.4) is 0 Å². The molecule has 7 heteroatoms. The lowest BCUT2D eigenvalue weighted by Crippen LogP contribution is -2.13. The van der Waals surface area contributed by atoms with Gasteiger partial charge in [-0.1, -0.05) is 0 Å². The Balaban J connectivity index is 3.10. The van der Waals surface area contributed by atoms with Gasteiger partial charge in [-0.2, -0.15) is 13.2 Å². The Morgan fingerprint density at radius 2 is 1.94 bits per heavy atom. The molecule has 1 heterocycles. The molecule has 0 aliphatic heterocycles. The Morgan fingerprint density at radius 3 is 2.29 bits per heavy atom. The molecule has 0 aliphatic rings. The number of oxazole rings is 1. The van der Waals surface area contributed by atoms with Crippen molar-refractivity contribution in [3.63, 3.8) is 0 Å². The van der Waals surface area contributed by atoms with Crippen LogP contribution in [0.1, 0.15) is 36.0 Å². The number of hydrogen-bond donors (Lipinski definition) is 1. The summed E-state index contributed by atoms with van der Waals surface area (Å²) in [5.41, 5.74) is -2.59. The van der Waals surface area contributed by atoms with Gasteiger partial charge >= 0.3 is 6.18 Å². The van der Waals surface area contributed by atoms with Crippen molar-refractivity contribution in [3.05, 3.63) is 23.4 Å². The highest BCUT2D eigenvalue weighted by Crippen LogP contribution is 2.31. The molecule has 0 radical (unpaired) electrons. The van der Waals surface area contributed by atoms with Crippen molar-refractivity contribution in [1.82, 2.24) is 4.98 Å². The average molecular weight is 249 g/mol. The first-order valence-electron chi connectivity index (χ1n) is 4.58. The third-order valence-corrected chi connectivity index (χ3v) is 1.68. The number of carbonyl (C=O) groups excluding carboxylic acids is 1. The molecule has 0 atom stereocenters. The Kier molecular flexibility index (Phi) is 3.42. The van der Waals surface area contributed by atoms with Crippen LogP contribution in [-0.4, -0.2) is 22.0 Å². The standard InChI is InChI=1S/C10H10F3NO3/c1-9(2,16)4-3-7-14-8(10(11,12)13)6(5-15)17-7/h3-5,16H,1-2H3. The summed E-state index contributed by atoms with van der Waals surface area (Å²) in [6.45, 7) is 2.86. The molecule has 0 amide bonds. The van der Waals surface area contributed by atoms with E-state index in [9.17, 15) is 23.1 Å². The van der Waals surface area contributed by atoms with Crippen molar-refractivity contribution in [2.24, 2.45) is 0 Å². The molecule has 0 saturated heterocycles. The summed E-state index contributed by atoms with van der Waals surface area (Å²) in [5, 5.41) is 9.32. The molecule has 17 heavy (non-hydrogen) atoms. The fourth-order valence-electron chi connectivity index (χ4n) is 0.979. The van der Waals surface area contributed by atoms with Crippen LogP contribution in [0.4, 0.5) is 13.2 Å². The topological polar surface area (TPSA) is 63.3 Å². The minimum absolute atomic E-state index is 0.0583. The predicted molar refractivity (Wildman–Crippen MR) is 52.2 cm³/mol. The number of carbonyl (C=O) groups is 1. The van der Waals surface area contributed by atoms with Gasteiger partial charge in [0.25, 0.3) is 0 Å². The van der Waals surface area contributed by atoms with Crippen LogP contribution in [0.5, 0.6) is 0 Å². The van der Waals surface area contributed by atoms with Gasteiger partial charge in [-0.3, -0.25) is 4.79 Å². The van der Waals surface area contributed by atoms with E-state index in [0.717, 1.165) is 6.08 Å². The number of alkyl halides is 3. The maximum absolute atomic E-state index is 12.4. The highest BCUT2D eigenvalue weighted by atomic mass is 19.4. The third-order valence-electron chi connectivity index (χ3n) is 1.68. The molecule has 0 bridgehead atoms. The lowest BCUT2D eigenvalue weighted by atomic mass is 10.1. The summed E-state index contributed by atoms with van der Waals surface area (Å²) in [7, 11) is 0. The zero-order chi connectivity index (χ0) is 13.3. The summed E-state index contributed by atoms with van der Waals surface area (Å²) in [6.07, 6.45) is -2.53. The maximum atomic E-state index is 12.4. The molecule has 4 nitrogen and oxygen atoms in total. The second kappa shape index (κ2) is 4.33. The summed E-state index contributed by atoms with van der Waals surface area (Å²) >= 11 is 0. The lowest BCUT2D eigenvalue weighted by molar-refractivity contribution is -0.141. The molecule has 1 N–H and O–H groups in total. The van der Waals surface area contributed by atoms with Gasteiger partial charge in [0.1, 0.15) is 0 Å². The molecule has 0 spiro atoms. The second-order valence-corrected chi connectivity index (χ2v) is 3.87. The predicted octanol–water partition coefficient (Wildman–Crippen LogP) is 2.29. The highest BCUT2D eigenvalue weighted by molar-refractivity contribution is 5.73. The van der Waals surface area contributed by atoms with Gasteiger partial charge in [0.2, 0.25) is 5.89 Å². The van der Waals surface area contributed by atoms with E-state index in [0.29, 0.717) is 0 Å². The molecule has 0 fully saturated rings. The highest BCUT2D eigenvalue weighted by Gasteiger charge is 2.38. The number of aliphatic hydroxyl groups is 1. The van der Waals surface area contributed by atoms with E-state index in [-0.39, 0.29) is 12.2 Å². The summed E-state index contributed by atoms with van der Waals surface area (Å²) in [6, 6.07) is 0. The van der Waals surface area contributed by atoms with Crippen molar-refractivity contribution in [3.8, 4) is 0 Å². The zero-order valence-corrected chi connectivity index (χ0v) is 9.08. The van der Waals surface area contributed by atoms with Gasteiger partial charge in [0, 0.05) is 0 Å². The minimum Gasteiger partial charge on any atom is -0.433 e. The molecule has 94 valence electrons. The van der Waals surface area contributed by atoms with Gasteiger partial charge in [-0.15, -0.1) is 0 Å². The van der Waals surface area contributed by atoms with Gasteiger partial charge in [0.05, 0.1) is 5.60 Å². The van der Waals surface area contributed by atoms with E-state index in [1.165, 1.54) is 19.9 Å². The average Bonchev–Trinajstić information content (AvgIpc) is 2.56. The number of hydrogen-bond acceptors (Lipinski definition) is 4. The fraction of sp³-hybridized carbons (Fsp3) is 0.400. The van der Waals surface area contributed by atoms with Crippen molar-refractivity contribution in [2.45, 2.75) is 25.6 Å². The van der Waals surface area contributed by atoms with Crippen LogP contribution in [0.15, 0.2) is 10.5 Å². The molecule has 0 aromatic carbocycles. The molecule has 1 aromatic rings. The van der Waals surface area contributed by atoms with Crippen molar-refractivity contribution in [1.29, 1.82) is 0 Å². The SMILES string of the molecule is CC(C)(O)C=Cc1nc(C(F)(F)F)c(C=O)o1. The quantitative estimate of drug-likeness (QED) is 0.835. The van der Waals surface area contributed by atoms with Crippen molar-refractivity contribution >= 4 is 12.4 Å². The summed E-state index contributed by atoms with van der Waals surface area (Å²) < 4.78 is 41.7. The Hall–Kier alpha value is -1.63. The van der Waals surface area contributed by atoms with E-state index in [2.05, 4.69) is 9.40 Å². The minimum atomic E-state index is -4.75. The number of aldehydes is 1. The monoisotopic (exact) mass is 249 g/mol. The first kappa shape index (κ1) is 13.4. The van der Waals surface area contributed by atoms with Crippen molar-refractivity contribution in [2.75, 3.05) is 0 Å². The van der Waals surface area contributed by atoms with Crippen LogP contribution < -0.4 is 0 Å². The van der Waals surface area contributed by atoms with Crippen LogP contribution in [0.25, 0.3) is 6.08 Å². The molecule has 0 unspecified atom stereocenters. The molecule has 1 aromatic heterocycles. The molecule has 0 aliphatic carbocycles. The van der Waals surface area contributed by atoms with E-state index in [1.807, 2.05) is 0 Å². The smallest absolute Gasteiger partial charge is 0.433 e. The maximum Gasteiger partial charge on any atom is 0.437 e. The van der Waals surface area contributed by atoms with Crippen LogP contribution >= 0.6 is 0 Å². The van der Waals surface area contributed by atoms with E-state index in [4.69, 9.17) is 0 Å². The number of nitrogens with zero attached hydrogens (tertiary/aromatic N) is 1. The Labute approximate surface area is 94.8 Å². The first-order valence-corrected chi connectivity index (χ1v) is 4.58. The zero-order valence-electron chi connectivity index (χ0n) is 9.08. The third kappa shape index (κ3) is 3.70. The van der Waals surface area contributed by atoms with E-state index < -0.39 is 23.2 Å². The van der Waals surface area contributed by atoms with Gasteiger partial charge in [0.15, 0.2) is 17.7 Å². The van der Waals surface area contributed by atoms with Crippen LogP contribution in [-0.2, 0) is 6.18 Å². The van der Waals surface area contributed by atoms with E-state index >= 15 is 0 Å². The van der Waals surface area contributed by atoms with Gasteiger partial charge in [-0.05, 0) is 26.0 Å². The Bertz CT molecular complexity index is 441. The number of halogens is 3. The normalized spacial score (nSPS) is 13.3. The van der Waals surface area contributed by atoms with Crippen LogP contribution in [0, 0.1) is 0 Å². The molecular weight excluding hydrogens is 239 g/mol. The fourth-order valence-corrected chi connectivity index (χ4v) is 0.979. The van der Waals surface area contributed by atoms with Crippen molar-refractivity contribution < 1.29 is 27.5 Å². The Morgan fingerprint density at radius 1 is 1.35 bits per heavy atom. The molecule has 0 saturated carbocycles. The molecule has 1 rings (SSSR count). The van der Waals surface area contributed by atoms with Gasteiger partial charge in [-0.25, -0.2) is 4.98 Å². The second-order valence-electron chi connectivity index (χ2n) is 3.87. The first-order chi connectivity index (χ1) is 7.63. The van der Waals surface area contributed by atoms with Gasteiger partial charge < -0.3 is 9.52 Å². The summed E-state index contributed by atoms with van der Waals surface area (Å²) in [4.78, 5) is 13.5. The van der Waals surface area contributed by atoms with E-state index in [1.54, 1.807) is 0 Å². The lowest BCUT2D eigenvalue weighted by Gasteiger charge is -2.08. The largest absolute Gasteiger partial charge is 0.437 e. The van der Waals surface area contributed by atoms with Crippen LogP contribution in [0.2, 0.25) is 0 Å². The number of aromatic nitrogens is 1.